The second kappa shape index (κ2) is 12.1. The number of amidine groups is 1. The molecule has 0 saturated carbocycles. The van der Waals surface area contributed by atoms with Crippen LogP contribution in [0.5, 0.6) is 11.5 Å². The Balaban J connectivity index is 1.20. The summed E-state index contributed by atoms with van der Waals surface area (Å²) in [7, 11) is -3.82. The molecule has 2 saturated heterocycles. The quantitative estimate of drug-likeness (QED) is 0.430. The van der Waals surface area contributed by atoms with Gasteiger partial charge in [-0.3, -0.25) is 9.79 Å². The summed E-state index contributed by atoms with van der Waals surface area (Å²) in [6, 6.07) is 10.6. The van der Waals surface area contributed by atoms with Crippen LogP contribution in [0.4, 0.5) is 13.2 Å². The summed E-state index contributed by atoms with van der Waals surface area (Å²) in [5.74, 6) is -0.712. The van der Waals surface area contributed by atoms with Crippen molar-refractivity contribution in [1.29, 1.82) is 0 Å². The summed E-state index contributed by atoms with van der Waals surface area (Å²) in [4.78, 5) is 17.4. The molecule has 1 unspecified atom stereocenters. The van der Waals surface area contributed by atoms with Gasteiger partial charge in [0.05, 0.1) is 19.3 Å². The van der Waals surface area contributed by atoms with Gasteiger partial charge in [-0.25, -0.2) is 8.42 Å². The van der Waals surface area contributed by atoms with Crippen molar-refractivity contribution >= 4 is 27.8 Å². The first kappa shape index (κ1) is 31.9. The largest absolute Gasteiger partial charge is 0.573 e. The number of carbonyl (C=O) groups excluding carboxylic acids is 1. The molecule has 0 bridgehead atoms. The molecule has 2 aromatic rings. The second-order valence-corrected chi connectivity index (χ2v) is 13.1. The predicted octanol–water partition coefficient (Wildman–Crippen LogP) is 4.53. The van der Waals surface area contributed by atoms with Crippen LogP contribution < -0.4 is 14.8 Å². The summed E-state index contributed by atoms with van der Waals surface area (Å²) in [5, 5.41) is 3.77. The molecule has 2 fully saturated rings. The number of hydrogen-bond donors (Lipinski definition) is 1. The molecular formula is C30H34F3N3O7S. The normalized spacial score (nSPS) is 21.9. The number of benzene rings is 2. The Morgan fingerprint density at radius 2 is 1.89 bits per heavy atom. The zero-order chi connectivity index (χ0) is 31.8. The lowest BCUT2D eigenvalue weighted by molar-refractivity contribution is -0.274. The molecule has 1 spiro atoms. The fourth-order valence-electron chi connectivity index (χ4n) is 5.36. The van der Waals surface area contributed by atoms with Crippen LogP contribution in [0.25, 0.3) is 6.08 Å². The van der Waals surface area contributed by atoms with Gasteiger partial charge in [0.1, 0.15) is 22.9 Å². The Morgan fingerprint density at radius 3 is 2.57 bits per heavy atom. The second-order valence-electron chi connectivity index (χ2n) is 11.3. The average Bonchev–Trinajstić information content (AvgIpc) is 3.46. The molecule has 0 aromatic heterocycles. The van der Waals surface area contributed by atoms with E-state index in [4.69, 9.17) is 14.2 Å². The molecule has 1 amide bonds. The number of hydrogen-bond acceptors (Lipinski definition) is 8. The van der Waals surface area contributed by atoms with E-state index in [9.17, 15) is 26.4 Å². The minimum atomic E-state index is -4.86. The number of ether oxygens (including phenoxy) is 4. The van der Waals surface area contributed by atoms with Crippen molar-refractivity contribution < 1.29 is 45.3 Å². The lowest BCUT2D eigenvalue weighted by atomic mass is 9.89. The fourth-order valence-corrected chi connectivity index (χ4v) is 6.54. The molecule has 0 aliphatic carbocycles. The molecule has 0 radical (unpaired) electrons. The Morgan fingerprint density at radius 1 is 1.16 bits per heavy atom. The van der Waals surface area contributed by atoms with Gasteiger partial charge in [-0.2, -0.15) is 4.31 Å². The number of sulfonamides is 1. The van der Waals surface area contributed by atoms with Gasteiger partial charge in [-0.15, -0.1) is 13.2 Å². The summed E-state index contributed by atoms with van der Waals surface area (Å²) < 4.78 is 86.9. The van der Waals surface area contributed by atoms with Crippen LogP contribution in [0.2, 0.25) is 0 Å². The number of alkyl halides is 3. The van der Waals surface area contributed by atoms with E-state index >= 15 is 0 Å². The zero-order valence-corrected chi connectivity index (χ0v) is 25.3. The van der Waals surface area contributed by atoms with Crippen LogP contribution in [0, 0.1) is 6.92 Å². The van der Waals surface area contributed by atoms with E-state index < -0.39 is 39.4 Å². The first-order valence-electron chi connectivity index (χ1n) is 14.1. The molecular weight excluding hydrogens is 603 g/mol. The minimum Gasteiger partial charge on any atom is -0.493 e. The molecule has 5 rings (SSSR count). The number of piperidine rings is 1. The predicted molar refractivity (Wildman–Crippen MR) is 155 cm³/mol. The number of carbonyl (C=O) groups is 1. The van der Waals surface area contributed by atoms with E-state index in [1.54, 1.807) is 12.1 Å². The van der Waals surface area contributed by atoms with E-state index in [0.29, 0.717) is 30.9 Å². The number of aliphatic imine (C=N–C) groups is 1. The van der Waals surface area contributed by atoms with Gasteiger partial charge < -0.3 is 24.3 Å². The Bertz CT molecular complexity index is 1570. The van der Waals surface area contributed by atoms with Crippen molar-refractivity contribution in [2.45, 2.75) is 63.8 Å². The van der Waals surface area contributed by atoms with Crippen LogP contribution in [-0.2, 0) is 24.3 Å². The number of nitrogens with zero attached hydrogens (tertiary/aromatic N) is 2. The maximum Gasteiger partial charge on any atom is 0.573 e. The fraction of sp³-hybridized carbons (Fsp3) is 0.467. The molecule has 10 nitrogen and oxygen atoms in total. The molecule has 44 heavy (non-hydrogen) atoms. The van der Waals surface area contributed by atoms with Crippen molar-refractivity contribution in [3.05, 3.63) is 64.6 Å². The number of halogens is 3. The maximum absolute atomic E-state index is 13.2. The topological polar surface area (TPSA) is 116 Å². The van der Waals surface area contributed by atoms with Gasteiger partial charge in [0.25, 0.3) is 5.91 Å². The molecule has 2 aromatic carbocycles. The Kier molecular flexibility index (Phi) is 8.82. The molecule has 14 heteroatoms. The van der Waals surface area contributed by atoms with Crippen LogP contribution in [0.15, 0.2) is 52.9 Å². The maximum atomic E-state index is 13.2. The third-order valence-electron chi connectivity index (χ3n) is 7.74. The van der Waals surface area contributed by atoms with Gasteiger partial charge in [-0.1, -0.05) is 24.3 Å². The number of rotatable bonds is 9. The van der Waals surface area contributed by atoms with Crippen LogP contribution in [0.1, 0.15) is 49.8 Å². The molecule has 3 aliphatic rings. The van der Waals surface area contributed by atoms with Gasteiger partial charge in [0.15, 0.2) is 5.79 Å². The summed E-state index contributed by atoms with van der Waals surface area (Å²) in [5.41, 5.74) is 0.512. The zero-order valence-electron chi connectivity index (χ0n) is 24.5. The van der Waals surface area contributed by atoms with Gasteiger partial charge >= 0.3 is 6.36 Å². The summed E-state index contributed by atoms with van der Waals surface area (Å²) in [6.07, 6.45) is -2.52. The van der Waals surface area contributed by atoms with Gasteiger partial charge in [0, 0.05) is 30.5 Å². The van der Waals surface area contributed by atoms with Gasteiger partial charge in [-0.05, 0) is 69.0 Å². The van der Waals surface area contributed by atoms with Crippen molar-refractivity contribution in [2.24, 2.45) is 4.99 Å². The third-order valence-corrected chi connectivity index (χ3v) is 9.31. The highest BCUT2D eigenvalue weighted by atomic mass is 32.2. The summed E-state index contributed by atoms with van der Waals surface area (Å²) in [6.45, 7) is 6.58. The standard InChI is InChI=1S/C30H34F3N3O7S/c1-20-21(6-5-9-25(20)40-16-10-24-19-41-28(2,3)42-24)11-17-44(38,39)36-14-12-29(13-15-36)27(37)34-26(35-29)22-7-4-8-23(18-22)43-30(31,32)33/h4-9,11,17-18,24H,10,12-16,19H2,1-3H3,(H,34,35,37). The highest BCUT2D eigenvalue weighted by Crippen LogP contribution is 2.33. The SMILES string of the molecule is Cc1c(C=CS(=O)(=O)N2CCC3(CC2)N=C(c2cccc(OC(F)(F)F)c2)NC3=O)cccc1OCCC1COC(C)(C)O1. The lowest BCUT2D eigenvalue weighted by Crippen LogP contribution is -2.50. The minimum absolute atomic E-state index is 0.0417. The molecule has 3 aliphatic heterocycles. The van der Waals surface area contributed by atoms with Crippen molar-refractivity contribution in [2.75, 3.05) is 26.3 Å². The molecule has 3 heterocycles. The Hall–Kier alpha value is -3.46. The van der Waals surface area contributed by atoms with Crippen LogP contribution >= 0.6 is 0 Å². The highest BCUT2D eigenvalue weighted by Gasteiger charge is 2.47. The molecule has 1 atom stereocenters. The first-order chi connectivity index (χ1) is 20.6. The van der Waals surface area contributed by atoms with Crippen molar-refractivity contribution in [1.82, 2.24) is 9.62 Å². The highest BCUT2D eigenvalue weighted by molar-refractivity contribution is 7.92. The summed E-state index contributed by atoms with van der Waals surface area (Å²) >= 11 is 0. The Labute approximate surface area is 253 Å². The smallest absolute Gasteiger partial charge is 0.493 e. The lowest BCUT2D eigenvalue weighted by Gasteiger charge is -2.34. The molecule has 238 valence electrons. The van der Waals surface area contributed by atoms with E-state index in [2.05, 4.69) is 15.0 Å². The third kappa shape index (κ3) is 7.42. The monoisotopic (exact) mass is 637 g/mol. The van der Waals surface area contributed by atoms with Gasteiger partial charge in [0.2, 0.25) is 10.0 Å². The van der Waals surface area contributed by atoms with E-state index in [1.807, 2.05) is 26.8 Å². The first-order valence-corrected chi connectivity index (χ1v) is 15.7. The van der Waals surface area contributed by atoms with E-state index in [-0.39, 0.29) is 43.4 Å². The van der Waals surface area contributed by atoms with Crippen molar-refractivity contribution in [3.63, 3.8) is 0 Å². The van der Waals surface area contributed by atoms with Crippen LogP contribution in [0.3, 0.4) is 0 Å². The van der Waals surface area contributed by atoms with Crippen molar-refractivity contribution in [3.8, 4) is 11.5 Å². The average molecular weight is 638 g/mol. The number of nitrogens with one attached hydrogen (secondary N) is 1. The molecule has 1 N–H and O–H groups in total. The van der Waals surface area contributed by atoms with E-state index in [0.717, 1.165) is 23.1 Å². The van der Waals surface area contributed by atoms with E-state index in [1.165, 1.54) is 22.5 Å². The number of amides is 1. The van der Waals surface area contributed by atoms with Crippen LogP contribution in [-0.4, -0.2) is 74.6 Å².